The maximum Gasteiger partial charge on any atom is 0.240 e. The fraction of sp³-hybridized carbons (Fsp3) is 0.143. The summed E-state index contributed by atoms with van der Waals surface area (Å²) in [6, 6.07) is 9.68. The normalized spacial score (nSPS) is 11.5. The molecule has 4 nitrogen and oxygen atoms in total. The van der Waals surface area contributed by atoms with E-state index in [0.29, 0.717) is 0 Å². The molecule has 0 atom stereocenters. The zero-order valence-corrected chi connectivity index (χ0v) is 12.5. The number of phenolic OH excluding ortho intramolecular Hbond substituents is 1. The van der Waals surface area contributed by atoms with Gasteiger partial charge < -0.3 is 5.11 Å². The molecule has 0 saturated heterocycles. The lowest BCUT2D eigenvalue weighted by Crippen LogP contribution is -2.25. The monoisotopic (exact) mass is 329 g/mol. The van der Waals surface area contributed by atoms with Gasteiger partial charge in [-0.15, -0.1) is 11.6 Å². The second-order valence-electron chi connectivity index (χ2n) is 4.25. The van der Waals surface area contributed by atoms with E-state index in [1.165, 1.54) is 30.3 Å². The Morgan fingerprint density at radius 2 is 1.86 bits per heavy atom. The summed E-state index contributed by atoms with van der Waals surface area (Å²) in [5.41, 5.74) is 0.428. The summed E-state index contributed by atoms with van der Waals surface area (Å²) in [5, 5.41) is 9.97. The number of hydrogen-bond donors (Lipinski definition) is 2. The molecule has 0 unspecified atom stereocenters. The number of phenols is 1. The van der Waals surface area contributed by atoms with Crippen molar-refractivity contribution in [2.75, 3.05) is 12.4 Å². The van der Waals surface area contributed by atoms with Gasteiger partial charge in [-0.05, 0) is 18.2 Å². The Morgan fingerprint density at radius 1 is 1.14 bits per heavy atom. The van der Waals surface area contributed by atoms with Gasteiger partial charge in [0.15, 0.2) is 0 Å². The molecule has 2 rings (SSSR count). The van der Waals surface area contributed by atoms with E-state index in [1.807, 2.05) is 0 Å². The first-order chi connectivity index (χ1) is 9.95. The van der Waals surface area contributed by atoms with Crippen LogP contribution >= 0.6 is 11.6 Å². The molecule has 21 heavy (non-hydrogen) atoms. The van der Waals surface area contributed by atoms with Crippen molar-refractivity contribution in [2.45, 2.75) is 4.90 Å². The molecule has 0 bridgehead atoms. The lowest BCUT2D eigenvalue weighted by atomic mass is 10.0. The van der Waals surface area contributed by atoms with Crippen molar-refractivity contribution in [1.29, 1.82) is 0 Å². The van der Waals surface area contributed by atoms with E-state index in [9.17, 15) is 17.9 Å². The van der Waals surface area contributed by atoms with Crippen molar-refractivity contribution < 1.29 is 17.9 Å². The van der Waals surface area contributed by atoms with Crippen LogP contribution < -0.4 is 4.72 Å². The number of rotatable bonds is 5. The van der Waals surface area contributed by atoms with Gasteiger partial charge in [0.1, 0.15) is 11.6 Å². The van der Waals surface area contributed by atoms with Crippen LogP contribution in [0.15, 0.2) is 47.4 Å². The first-order valence-electron chi connectivity index (χ1n) is 6.09. The Kier molecular flexibility index (Phi) is 4.82. The van der Waals surface area contributed by atoms with Gasteiger partial charge >= 0.3 is 0 Å². The topological polar surface area (TPSA) is 66.4 Å². The Bertz CT molecular complexity index is 750. The van der Waals surface area contributed by atoms with Crippen LogP contribution in [0.3, 0.4) is 0 Å². The highest BCUT2D eigenvalue weighted by molar-refractivity contribution is 7.89. The van der Waals surface area contributed by atoms with Crippen LogP contribution in [0.25, 0.3) is 11.1 Å². The summed E-state index contributed by atoms with van der Waals surface area (Å²) < 4.78 is 39.8. The summed E-state index contributed by atoms with van der Waals surface area (Å²) >= 11 is 5.43. The largest absolute Gasteiger partial charge is 0.507 e. The van der Waals surface area contributed by atoms with Crippen molar-refractivity contribution in [3.63, 3.8) is 0 Å². The van der Waals surface area contributed by atoms with Gasteiger partial charge in [-0.3, -0.25) is 0 Å². The second kappa shape index (κ2) is 6.43. The highest BCUT2D eigenvalue weighted by Gasteiger charge is 2.17. The van der Waals surface area contributed by atoms with Crippen LogP contribution in [0, 0.1) is 5.82 Å². The third-order valence-corrected chi connectivity index (χ3v) is 4.48. The summed E-state index contributed by atoms with van der Waals surface area (Å²) in [6.07, 6.45) is 0. The number of halogens is 2. The second-order valence-corrected chi connectivity index (χ2v) is 6.39. The predicted octanol–water partition coefficient (Wildman–Crippen LogP) is 2.72. The van der Waals surface area contributed by atoms with Gasteiger partial charge in [0.25, 0.3) is 0 Å². The van der Waals surface area contributed by atoms with Crippen LogP contribution in [0.4, 0.5) is 4.39 Å². The molecule has 0 aromatic heterocycles. The van der Waals surface area contributed by atoms with Crippen LogP contribution in [-0.2, 0) is 10.0 Å². The summed E-state index contributed by atoms with van der Waals surface area (Å²) in [4.78, 5) is -0.106. The average molecular weight is 330 g/mol. The molecular weight excluding hydrogens is 317 g/mol. The molecule has 0 aliphatic rings. The molecule has 0 amide bonds. The summed E-state index contributed by atoms with van der Waals surface area (Å²) in [5.74, 6) is -0.670. The standard InChI is InChI=1S/C14H13ClFNO3S/c15-7-8-17-21(19,20)10-5-6-12(14(18)9-10)11-3-1-2-4-13(11)16/h1-6,9,17-18H,7-8H2. The Hall–Kier alpha value is -1.63. The molecular formula is C14H13ClFNO3S. The zero-order chi connectivity index (χ0) is 15.5. The van der Waals surface area contributed by atoms with Crippen LogP contribution in [0.2, 0.25) is 0 Å². The van der Waals surface area contributed by atoms with Crippen LogP contribution in [-0.4, -0.2) is 25.9 Å². The highest BCUT2D eigenvalue weighted by Crippen LogP contribution is 2.32. The molecule has 7 heteroatoms. The zero-order valence-electron chi connectivity index (χ0n) is 10.9. The minimum absolute atomic E-state index is 0.0831. The molecule has 0 radical (unpaired) electrons. The third kappa shape index (κ3) is 3.53. The lowest BCUT2D eigenvalue weighted by molar-refractivity contribution is 0.474. The molecule has 0 heterocycles. The van der Waals surface area contributed by atoms with E-state index in [1.54, 1.807) is 6.07 Å². The maximum atomic E-state index is 13.7. The van der Waals surface area contributed by atoms with Gasteiger partial charge in [0.2, 0.25) is 10.0 Å². The van der Waals surface area contributed by atoms with Crippen molar-refractivity contribution >= 4 is 21.6 Å². The number of sulfonamides is 1. The van der Waals surface area contributed by atoms with Gasteiger partial charge in [-0.1, -0.05) is 18.2 Å². The van der Waals surface area contributed by atoms with Crippen molar-refractivity contribution in [1.82, 2.24) is 4.72 Å². The molecule has 0 aliphatic heterocycles. The smallest absolute Gasteiger partial charge is 0.240 e. The Morgan fingerprint density at radius 3 is 2.48 bits per heavy atom. The van der Waals surface area contributed by atoms with E-state index in [0.717, 1.165) is 6.07 Å². The molecule has 0 aliphatic carbocycles. The molecule has 112 valence electrons. The van der Waals surface area contributed by atoms with Gasteiger partial charge in [-0.2, -0.15) is 0 Å². The number of benzene rings is 2. The van der Waals surface area contributed by atoms with Crippen molar-refractivity contribution in [3.8, 4) is 16.9 Å². The highest BCUT2D eigenvalue weighted by atomic mass is 35.5. The fourth-order valence-electron chi connectivity index (χ4n) is 1.84. The molecule has 2 aromatic rings. The van der Waals surface area contributed by atoms with Gasteiger partial charge in [-0.25, -0.2) is 17.5 Å². The van der Waals surface area contributed by atoms with E-state index in [4.69, 9.17) is 11.6 Å². The molecule has 0 saturated carbocycles. The molecule has 0 fully saturated rings. The fourth-order valence-corrected chi connectivity index (χ4v) is 3.10. The summed E-state index contributed by atoms with van der Waals surface area (Å²) in [6.45, 7) is 0.0831. The van der Waals surface area contributed by atoms with E-state index in [2.05, 4.69) is 4.72 Å². The quantitative estimate of drug-likeness (QED) is 0.829. The van der Waals surface area contributed by atoms with Crippen LogP contribution in [0.1, 0.15) is 0 Å². The number of aromatic hydroxyl groups is 1. The van der Waals surface area contributed by atoms with E-state index in [-0.39, 0.29) is 34.2 Å². The Labute approximate surface area is 127 Å². The Balaban J connectivity index is 2.41. The first-order valence-corrected chi connectivity index (χ1v) is 8.11. The minimum atomic E-state index is -3.74. The van der Waals surface area contributed by atoms with E-state index >= 15 is 0 Å². The maximum absolute atomic E-state index is 13.7. The summed E-state index contributed by atoms with van der Waals surface area (Å²) in [7, 11) is -3.74. The SMILES string of the molecule is O=S(=O)(NCCCl)c1ccc(-c2ccccc2F)c(O)c1. The van der Waals surface area contributed by atoms with Gasteiger partial charge in [0.05, 0.1) is 4.90 Å². The molecule has 0 spiro atoms. The molecule has 2 N–H and O–H groups in total. The predicted molar refractivity (Wildman–Crippen MR) is 79.4 cm³/mol. The van der Waals surface area contributed by atoms with Gasteiger partial charge in [0, 0.05) is 29.6 Å². The minimum Gasteiger partial charge on any atom is -0.507 e. The number of hydrogen-bond acceptors (Lipinski definition) is 3. The lowest BCUT2D eigenvalue weighted by Gasteiger charge is -2.09. The van der Waals surface area contributed by atoms with Crippen molar-refractivity contribution in [2.24, 2.45) is 0 Å². The van der Waals surface area contributed by atoms with Crippen molar-refractivity contribution in [3.05, 3.63) is 48.3 Å². The average Bonchev–Trinajstić information content (AvgIpc) is 2.46. The first kappa shape index (κ1) is 15.8. The third-order valence-electron chi connectivity index (χ3n) is 2.83. The van der Waals surface area contributed by atoms with Crippen LogP contribution in [0.5, 0.6) is 5.75 Å². The number of nitrogens with one attached hydrogen (secondary N) is 1. The molecule has 2 aromatic carbocycles. The number of alkyl halides is 1. The van der Waals surface area contributed by atoms with E-state index < -0.39 is 15.8 Å².